The standard InChI is InChI=1S/C19H20FN5O/c1-12-3-4-14(9-13(12)2)16-11-24-8-6-17(22-18(24)21-16)23-19(26)25-7-5-15(20)10-25/h3-4,6,8-9,11,15H,5,7,10H2,1-2H3,(H,21,22,23,26)/t15-/m0/s1. The number of hydrogen-bond donors (Lipinski definition) is 1. The van der Waals surface area contributed by atoms with Gasteiger partial charge in [-0.05, 0) is 43.5 Å². The number of hydrogen-bond acceptors (Lipinski definition) is 3. The van der Waals surface area contributed by atoms with E-state index in [0.29, 0.717) is 24.6 Å². The number of fused-ring (bicyclic) bond motifs is 1. The maximum absolute atomic E-state index is 13.2. The molecule has 6 nitrogen and oxygen atoms in total. The number of imidazole rings is 1. The summed E-state index contributed by atoms with van der Waals surface area (Å²) in [4.78, 5) is 22.6. The Morgan fingerprint density at radius 1 is 1.23 bits per heavy atom. The topological polar surface area (TPSA) is 62.5 Å². The van der Waals surface area contributed by atoms with E-state index in [1.54, 1.807) is 12.3 Å². The highest BCUT2D eigenvalue weighted by atomic mass is 19.1. The van der Waals surface area contributed by atoms with Gasteiger partial charge in [-0.2, -0.15) is 4.98 Å². The van der Waals surface area contributed by atoms with Crippen LogP contribution in [-0.2, 0) is 0 Å². The number of anilines is 1. The fourth-order valence-corrected chi connectivity index (χ4v) is 3.07. The Kier molecular flexibility index (Phi) is 4.06. The van der Waals surface area contributed by atoms with Gasteiger partial charge in [-0.3, -0.25) is 9.72 Å². The second-order valence-electron chi connectivity index (χ2n) is 6.71. The van der Waals surface area contributed by atoms with E-state index in [1.807, 2.05) is 16.7 Å². The third-order valence-corrected chi connectivity index (χ3v) is 4.78. The van der Waals surface area contributed by atoms with Gasteiger partial charge in [0.25, 0.3) is 0 Å². The number of amides is 2. The minimum atomic E-state index is -0.941. The molecule has 1 aliphatic rings. The van der Waals surface area contributed by atoms with Crippen molar-refractivity contribution in [1.82, 2.24) is 19.3 Å². The number of halogens is 1. The van der Waals surface area contributed by atoms with Gasteiger partial charge in [-0.15, -0.1) is 0 Å². The normalized spacial score (nSPS) is 17.0. The van der Waals surface area contributed by atoms with Crippen LogP contribution in [0.2, 0.25) is 0 Å². The first-order valence-corrected chi connectivity index (χ1v) is 8.63. The van der Waals surface area contributed by atoms with Gasteiger partial charge < -0.3 is 4.90 Å². The molecular formula is C19H20FN5O. The van der Waals surface area contributed by atoms with E-state index < -0.39 is 6.17 Å². The molecule has 1 aromatic carbocycles. The number of alkyl halides is 1. The second kappa shape index (κ2) is 6.40. The number of urea groups is 1. The molecule has 0 bridgehead atoms. The Morgan fingerprint density at radius 2 is 2.08 bits per heavy atom. The molecule has 4 rings (SSSR count). The molecule has 0 saturated carbocycles. The lowest BCUT2D eigenvalue weighted by molar-refractivity contribution is 0.217. The predicted molar refractivity (Wildman–Crippen MR) is 98.0 cm³/mol. The average molecular weight is 353 g/mol. The zero-order valence-electron chi connectivity index (χ0n) is 14.7. The van der Waals surface area contributed by atoms with Crippen LogP contribution in [-0.4, -0.2) is 44.6 Å². The third kappa shape index (κ3) is 3.12. The van der Waals surface area contributed by atoms with Crippen molar-refractivity contribution in [1.29, 1.82) is 0 Å². The third-order valence-electron chi connectivity index (χ3n) is 4.78. The second-order valence-corrected chi connectivity index (χ2v) is 6.71. The first-order chi connectivity index (χ1) is 12.5. The number of carbonyl (C=O) groups excluding carboxylic acids is 1. The van der Waals surface area contributed by atoms with Crippen LogP contribution in [0.4, 0.5) is 15.0 Å². The SMILES string of the molecule is Cc1ccc(-c2cn3ccc(NC(=O)N4CC[C@H](F)C4)nc3n2)cc1C. The van der Waals surface area contributed by atoms with Gasteiger partial charge in [0.05, 0.1) is 12.2 Å². The molecule has 1 aliphatic heterocycles. The Labute approximate surface area is 150 Å². The molecule has 3 heterocycles. The molecule has 1 atom stereocenters. The minimum absolute atomic E-state index is 0.133. The Balaban J connectivity index is 1.57. The lowest BCUT2D eigenvalue weighted by Crippen LogP contribution is -2.33. The summed E-state index contributed by atoms with van der Waals surface area (Å²) < 4.78 is 15.1. The molecule has 7 heteroatoms. The van der Waals surface area contributed by atoms with Crippen LogP contribution in [0.1, 0.15) is 17.5 Å². The summed E-state index contributed by atoms with van der Waals surface area (Å²) >= 11 is 0. The smallest absolute Gasteiger partial charge is 0.321 e. The van der Waals surface area contributed by atoms with Gasteiger partial charge in [0.2, 0.25) is 5.78 Å². The number of carbonyl (C=O) groups is 1. The number of likely N-dealkylation sites (tertiary alicyclic amines) is 1. The number of aryl methyl sites for hydroxylation is 2. The van der Waals surface area contributed by atoms with Gasteiger partial charge in [-0.1, -0.05) is 12.1 Å². The molecule has 2 amide bonds. The van der Waals surface area contributed by atoms with E-state index >= 15 is 0 Å². The average Bonchev–Trinajstić information content (AvgIpc) is 3.23. The highest BCUT2D eigenvalue weighted by Crippen LogP contribution is 2.22. The van der Waals surface area contributed by atoms with Crippen molar-refractivity contribution >= 4 is 17.6 Å². The molecule has 0 aliphatic carbocycles. The fourth-order valence-electron chi connectivity index (χ4n) is 3.07. The summed E-state index contributed by atoms with van der Waals surface area (Å²) in [6.45, 7) is 4.70. The summed E-state index contributed by atoms with van der Waals surface area (Å²) in [7, 11) is 0. The molecule has 134 valence electrons. The number of aromatic nitrogens is 3. The zero-order valence-corrected chi connectivity index (χ0v) is 14.7. The molecule has 1 N–H and O–H groups in total. The Hall–Kier alpha value is -2.96. The number of nitrogens with one attached hydrogen (secondary N) is 1. The van der Waals surface area contributed by atoms with E-state index in [2.05, 4.69) is 41.3 Å². The quantitative estimate of drug-likeness (QED) is 0.766. The van der Waals surface area contributed by atoms with Crippen LogP contribution < -0.4 is 5.32 Å². The summed E-state index contributed by atoms with van der Waals surface area (Å²) in [6.07, 6.45) is 3.16. The van der Waals surface area contributed by atoms with Crippen LogP contribution in [0.5, 0.6) is 0 Å². The Bertz CT molecular complexity index is 983. The fraction of sp³-hybridized carbons (Fsp3) is 0.316. The number of rotatable bonds is 2. The lowest BCUT2D eigenvalue weighted by atomic mass is 10.1. The van der Waals surface area contributed by atoms with Crippen LogP contribution in [0, 0.1) is 13.8 Å². The maximum Gasteiger partial charge on any atom is 0.323 e. The molecule has 3 aromatic rings. The summed E-state index contributed by atoms with van der Waals surface area (Å²) in [5.41, 5.74) is 4.29. The van der Waals surface area contributed by atoms with E-state index in [4.69, 9.17) is 0 Å². The zero-order chi connectivity index (χ0) is 18.3. The Morgan fingerprint density at radius 3 is 2.81 bits per heavy atom. The van der Waals surface area contributed by atoms with E-state index in [9.17, 15) is 9.18 Å². The molecule has 1 saturated heterocycles. The molecule has 1 fully saturated rings. The molecule has 0 unspecified atom stereocenters. The summed E-state index contributed by atoms with van der Waals surface area (Å²) in [5.74, 6) is 0.905. The van der Waals surface area contributed by atoms with Crippen LogP contribution in [0.3, 0.4) is 0 Å². The molecule has 0 spiro atoms. The van der Waals surface area contributed by atoms with Gasteiger partial charge in [-0.25, -0.2) is 14.2 Å². The van der Waals surface area contributed by atoms with E-state index in [-0.39, 0.29) is 12.6 Å². The van der Waals surface area contributed by atoms with Crippen LogP contribution in [0.15, 0.2) is 36.7 Å². The van der Waals surface area contributed by atoms with Crippen molar-refractivity contribution in [2.24, 2.45) is 0 Å². The van der Waals surface area contributed by atoms with E-state index in [0.717, 1.165) is 11.3 Å². The van der Waals surface area contributed by atoms with Crippen molar-refractivity contribution in [3.05, 3.63) is 47.8 Å². The summed E-state index contributed by atoms with van der Waals surface area (Å²) in [6, 6.07) is 7.58. The van der Waals surface area contributed by atoms with E-state index in [1.165, 1.54) is 16.0 Å². The highest BCUT2D eigenvalue weighted by Gasteiger charge is 2.26. The monoisotopic (exact) mass is 353 g/mol. The highest BCUT2D eigenvalue weighted by molar-refractivity contribution is 5.88. The first kappa shape index (κ1) is 16.5. The van der Waals surface area contributed by atoms with Gasteiger partial charge >= 0.3 is 6.03 Å². The van der Waals surface area contributed by atoms with Crippen LogP contribution >= 0.6 is 0 Å². The van der Waals surface area contributed by atoms with Gasteiger partial charge in [0.15, 0.2) is 0 Å². The lowest BCUT2D eigenvalue weighted by Gasteiger charge is -2.15. The maximum atomic E-state index is 13.2. The number of nitrogens with zero attached hydrogens (tertiary/aromatic N) is 4. The largest absolute Gasteiger partial charge is 0.323 e. The van der Waals surface area contributed by atoms with Gasteiger partial charge in [0.1, 0.15) is 12.0 Å². The number of benzene rings is 1. The van der Waals surface area contributed by atoms with Crippen molar-refractivity contribution in [3.8, 4) is 11.3 Å². The van der Waals surface area contributed by atoms with Crippen molar-refractivity contribution < 1.29 is 9.18 Å². The van der Waals surface area contributed by atoms with Crippen LogP contribution in [0.25, 0.3) is 17.0 Å². The van der Waals surface area contributed by atoms with Gasteiger partial charge in [0, 0.05) is 24.5 Å². The first-order valence-electron chi connectivity index (χ1n) is 8.63. The van der Waals surface area contributed by atoms with Crippen molar-refractivity contribution in [2.75, 3.05) is 18.4 Å². The minimum Gasteiger partial charge on any atom is -0.321 e. The molecule has 0 radical (unpaired) electrons. The molecular weight excluding hydrogens is 333 g/mol. The van der Waals surface area contributed by atoms with Crippen molar-refractivity contribution in [2.45, 2.75) is 26.4 Å². The van der Waals surface area contributed by atoms with Crippen molar-refractivity contribution in [3.63, 3.8) is 0 Å². The molecule has 2 aromatic heterocycles. The predicted octanol–water partition coefficient (Wildman–Crippen LogP) is 3.59. The summed E-state index contributed by atoms with van der Waals surface area (Å²) in [5, 5.41) is 2.72. The molecule has 26 heavy (non-hydrogen) atoms.